The van der Waals surface area contributed by atoms with Crippen molar-refractivity contribution in [1.82, 2.24) is 5.32 Å². The molecule has 0 amide bonds. The molecule has 3 nitrogen and oxygen atoms in total. The number of halogens is 1. The van der Waals surface area contributed by atoms with E-state index in [9.17, 15) is 0 Å². The fourth-order valence-corrected chi connectivity index (χ4v) is 3.49. The Balaban J connectivity index is 0.00000243. The lowest BCUT2D eigenvalue weighted by molar-refractivity contribution is 0.280. The van der Waals surface area contributed by atoms with Crippen LogP contribution < -0.4 is 14.8 Å². The van der Waals surface area contributed by atoms with Gasteiger partial charge in [-0.2, -0.15) is 0 Å². The Kier molecular flexibility index (Phi) is 8.79. The van der Waals surface area contributed by atoms with E-state index in [1.54, 1.807) is 7.11 Å². The van der Waals surface area contributed by atoms with E-state index in [0.29, 0.717) is 12.6 Å². The Morgan fingerprint density at radius 1 is 0.923 bits per heavy atom. The third kappa shape index (κ3) is 5.93. The molecule has 1 aliphatic carbocycles. The van der Waals surface area contributed by atoms with Gasteiger partial charge in [-0.15, -0.1) is 12.4 Å². The van der Waals surface area contributed by atoms with Gasteiger partial charge in [0, 0.05) is 18.2 Å². The van der Waals surface area contributed by atoms with Crippen molar-refractivity contribution in [1.29, 1.82) is 0 Å². The number of rotatable bonds is 7. The van der Waals surface area contributed by atoms with Gasteiger partial charge in [0.15, 0.2) is 11.5 Å². The first-order valence-corrected chi connectivity index (χ1v) is 9.43. The maximum absolute atomic E-state index is 6.14. The van der Waals surface area contributed by atoms with Gasteiger partial charge in [0.25, 0.3) is 0 Å². The summed E-state index contributed by atoms with van der Waals surface area (Å²) in [5, 5.41) is 3.73. The van der Waals surface area contributed by atoms with Gasteiger partial charge in [0.1, 0.15) is 6.61 Å². The van der Waals surface area contributed by atoms with Crippen LogP contribution in [0.5, 0.6) is 11.5 Å². The molecule has 3 rings (SSSR count). The third-order valence-electron chi connectivity index (χ3n) is 4.94. The largest absolute Gasteiger partial charge is 0.493 e. The fourth-order valence-electron chi connectivity index (χ4n) is 3.49. The SMILES string of the molecule is COc1cccc(CNC2CCCCCC2)c1OCc1ccccc1.Cl. The summed E-state index contributed by atoms with van der Waals surface area (Å²) in [5.74, 6) is 1.66. The lowest BCUT2D eigenvalue weighted by atomic mass is 10.1. The van der Waals surface area contributed by atoms with Crippen molar-refractivity contribution in [3.05, 3.63) is 59.7 Å². The van der Waals surface area contributed by atoms with Crippen LogP contribution in [0.2, 0.25) is 0 Å². The Labute approximate surface area is 163 Å². The van der Waals surface area contributed by atoms with Crippen molar-refractivity contribution in [2.75, 3.05) is 7.11 Å². The summed E-state index contributed by atoms with van der Waals surface area (Å²) in [6.45, 7) is 1.38. The van der Waals surface area contributed by atoms with Gasteiger partial charge in [-0.3, -0.25) is 0 Å². The molecular weight excluding hydrogens is 346 g/mol. The van der Waals surface area contributed by atoms with Gasteiger partial charge in [0.2, 0.25) is 0 Å². The van der Waals surface area contributed by atoms with Gasteiger partial charge < -0.3 is 14.8 Å². The highest BCUT2D eigenvalue weighted by atomic mass is 35.5. The summed E-state index contributed by atoms with van der Waals surface area (Å²) in [6.07, 6.45) is 8.00. The maximum atomic E-state index is 6.14. The molecule has 0 aliphatic heterocycles. The topological polar surface area (TPSA) is 30.5 Å². The molecular formula is C22H30ClNO2. The van der Waals surface area contributed by atoms with E-state index in [-0.39, 0.29) is 12.4 Å². The first kappa shape index (κ1) is 20.6. The van der Waals surface area contributed by atoms with Crippen LogP contribution in [-0.2, 0) is 13.2 Å². The molecule has 0 unspecified atom stereocenters. The monoisotopic (exact) mass is 375 g/mol. The molecule has 2 aromatic carbocycles. The maximum Gasteiger partial charge on any atom is 0.166 e. The summed E-state index contributed by atoms with van der Waals surface area (Å²) in [5.41, 5.74) is 2.33. The van der Waals surface area contributed by atoms with Crippen molar-refractivity contribution in [2.45, 2.75) is 57.7 Å². The molecule has 0 radical (unpaired) electrons. The first-order valence-electron chi connectivity index (χ1n) is 9.43. The number of benzene rings is 2. The number of para-hydroxylation sites is 1. The van der Waals surface area contributed by atoms with Crippen LogP contribution in [0, 0.1) is 0 Å². The van der Waals surface area contributed by atoms with Gasteiger partial charge in [0.05, 0.1) is 7.11 Å². The van der Waals surface area contributed by atoms with Crippen LogP contribution in [0.3, 0.4) is 0 Å². The van der Waals surface area contributed by atoms with Crippen molar-refractivity contribution < 1.29 is 9.47 Å². The Morgan fingerprint density at radius 2 is 1.65 bits per heavy atom. The molecule has 0 aromatic heterocycles. The standard InChI is InChI=1S/C22H29NO2.ClH/c1-24-21-15-9-12-19(16-23-20-13-7-2-3-8-14-20)22(21)25-17-18-10-5-4-6-11-18;/h4-6,9-12,15,20,23H,2-3,7-8,13-14,16-17H2,1H3;1H. The second-order valence-electron chi connectivity index (χ2n) is 6.79. The number of methoxy groups -OCH3 is 1. The van der Waals surface area contributed by atoms with Crippen LogP contribution in [0.4, 0.5) is 0 Å². The lowest BCUT2D eigenvalue weighted by Gasteiger charge is -2.19. The smallest absolute Gasteiger partial charge is 0.166 e. The minimum absolute atomic E-state index is 0. The predicted molar refractivity (Wildman–Crippen MR) is 109 cm³/mol. The van der Waals surface area contributed by atoms with E-state index in [2.05, 4.69) is 23.5 Å². The second kappa shape index (κ2) is 11.1. The van der Waals surface area contributed by atoms with Crippen molar-refractivity contribution in [3.8, 4) is 11.5 Å². The highest BCUT2D eigenvalue weighted by molar-refractivity contribution is 5.85. The van der Waals surface area contributed by atoms with Gasteiger partial charge in [-0.05, 0) is 24.5 Å². The molecule has 142 valence electrons. The third-order valence-corrected chi connectivity index (χ3v) is 4.94. The quantitative estimate of drug-likeness (QED) is 0.647. The minimum atomic E-state index is 0. The molecule has 26 heavy (non-hydrogen) atoms. The second-order valence-corrected chi connectivity index (χ2v) is 6.79. The molecule has 0 atom stereocenters. The van der Waals surface area contributed by atoms with Crippen LogP contribution in [0.15, 0.2) is 48.5 Å². The highest BCUT2D eigenvalue weighted by Crippen LogP contribution is 2.32. The Morgan fingerprint density at radius 3 is 2.35 bits per heavy atom. The molecule has 2 aromatic rings. The van der Waals surface area contributed by atoms with E-state index < -0.39 is 0 Å². The molecule has 0 heterocycles. The van der Waals surface area contributed by atoms with E-state index in [4.69, 9.17) is 9.47 Å². The Hall–Kier alpha value is -1.71. The normalized spacial score (nSPS) is 15.0. The lowest BCUT2D eigenvalue weighted by Crippen LogP contribution is -2.28. The van der Waals surface area contributed by atoms with Crippen LogP contribution >= 0.6 is 12.4 Å². The zero-order valence-corrected chi connectivity index (χ0v) is 16.4. The minimum Gasteiger partial charge on any atom is -0.493 e. The zero-order valence-electron chi connectivity index (χ0n) is 15.6. The highest BCUT2D eigenvalue weighted by Gasteiger charge is 2.15. The van der Waals surface area contributed by atoms with E-state index in [0.717, 1.165) is 23.6 Å². The number of hydrogen-bond donors (Lipinski definition) is 1. The molecule has 0 bridgehead atoms. The van der Waals surface area contributed by atoms with E-state index in [1.807, 2.05) is 30.3 Å². The average molecular weight is 376 g/mol. The molecule has 1 N–H and O–H groups in total. The van der Waals surface area contributed by atoms with Crippen molar-refractivity contribution in [2.24, 2.45) is 0 Å². The fraction of sp³-hybridized carbons (Fsp3) is 0.455. The molecule has 1 fully saturated rings. The molecule has 0 saturated heterocycles. The van der Waals surface area contributed by atoms with Gasteiger partial charge >= 0.3 is 0 Å². The molecule has 4 heteroatoms. The summed E-state index contributed by atoms with van der Waals surface area (Å²) in [4.78, 5) is 0. The first-order chi connectivity index (χ1) is 12.4. The summed E-state index contributed by atoms with van der Waals surface area (Å²) < 4.78 is 11.7. The summed E-state index contributed by atoms with van der Waals surface area (Å²) >= 11 is 0. The zero-order chi connectivity index (χ0) is 17.3. The van der Waals surface area contributed by atoms with Crippen LogP contribution in [0.25, 0.3) is 0 Å². The molecule has 0 spiro atoms. The molecule has 1 aliphatic rings. The van der Waals surface area contributed by atoms with Gasteiger partial charge in [-0.25, -0.2) is 0 Å². The summed E-state index contributed by atoms with van der Waals surface area (Å²) in [6, 6.07) is 17.0. The van der Waals surface area contributed by atoms with Crippen molar-refractivity contribution >= 4 is 12.4 Å². The average Bonchev–Trinajstić information content (AvgIpc) is 2.94. The number of nitrogens with one attached hydrogen (secondary N) is 1. The van der Waals surface area contributed by atoms with E-state index in [1.165, 1.54) is 44.1 Å². The number of hydrogen-bond acceptors (Lipinski definition) is 3. The van der Waals surface area contributed by atoms with Crippen molar-refractivity contribution in [3.63, 3.8) is 0 Å². The van der Waals surface area contributed by atoms with E-state index >= 15 is 0 Å². The molecule has 1 saturated carbocycles. The number of ether oxygens (including phenoxy) is 2. The predicted octanol–water partition coefficient (Wildman–Crippen LogP) is 5.51. The van der Waals surface area contributed by atoms with Crippen LogP contribution in [-0.4, -0.2) is 13.2 Å². The summed E-state index contributed by atoms with van der Waals surface area (Å²) in [7, 11) is 1.70. The van der Waals surface area contributed by atoms with Gasteiger partial charge in [-0.1, -0.05) is 68.1 Å². The van der Waals surface area contributed by atoms with Crippen LogP contribution in [0.1, 0.15) is 49.7 Å². The Bertz CT molecular complexity index is 640.